The summed E-state index contributed by atoms with van der Waals surface area (Å²) in [6.45, 7) is 2.23. The third-order valence-corrected chi connectivity index (χ3v) is 3.16. The highest BCUT2D eigenvalue weighted by Crippen LogP contribution is 2.27. The Morgan fingerprint density at radius 1 is 1.38 bits per heavy atom. The number of pyridine rings is 1. The first-order valence-corrected chi connectivity index (χ1v) is 5.81. The third kappa shape index (κ3) is 2.52. The molecule has 3 nitrogen and oxygen atoms in total. The van der Waals surface area contributed by atoms with Gasteiger partial charge in [-0.05, 0) is 25.2 Å². The zero-order valence-electron chi connectivity index (χ0n) is 9.52. The first-order chi connectivity index (χ1) is 7.79. The molecule has 3 heteroatoms. The predicted octanol–water partition coefficient (Wildman–Crippen LogP) is 2.91. The van der Waals surface area contributed by atoms with Gasteiger partial charge in [-0.15, -0.1) is 0 Å². The molecular weight excluding hydrogens is 200 g/mol. The molecule has 0 amide bonds. The summed E-state index contributed by atoms with van der Waals surface area (Å²) >= 11 is 0. The molecule has 1 aliphatic carbocycles. The van der Waals surface area contributed by atoms with Crippen molar-refractivity contribution in [2.75, 3.05) is 0 Å². The smallest absolute Gasteiger partial charge is 0.139 e. The zero-order chi connectivity index (χ0) is 11.4. The van der Waals surface area contributed by atoms with Gasteiger partial charge in [0.2, 0.25) is 0 Å². The van der Waals surface area contributed by atoms with Crippen LogP contribution in [0.25, 0.3) is 0 Å². The fourth-order valence-corrected chi connectivity index (χ4v) is 2.18. The van der Waals surface area contributed by atoms with Crippen molar-refractivity contribution in [2.45, 2.75) is 38.7 Å². The molecule has 1 saturated carbocycles. The minimum absolute atomic E-state index is 0.282. The topological polar surface area (TPSA) is 45.9 Å². The largest absolute Gasteiger partial charge is 0.488 e. The van der Waals surface area contributed by atoms with Crippen LogP contribution in [0.4, 0.5) is 0 Å². The predicted molar refractivity (Wildman–Crippen MR) is 61.0 cm³/mol. The second-order valence-corrected chi connectivity index (χ2v) is 4.44. The number of rotatable bonds is 2. The maximum Gasteiger partial charge on any atom is 0.139 e. The van der Waals surface area contributed by atoms with E-state index in [4.69, 9.17) is 10.00 Å². The Labute approximate surface area is 96.1 Å². The van der Waals surface area contributed by atoms with Gasteiger partial charge >= 0.3 is 0 Å². The lowest BCUT2D eigenvalue weighted by Gasteiger charge is -2.29. The molecule has 0 bridgehead atoms. The monoisotopic (exact) mass is 216 g/mol. The van der Waals surface area contributed by atoms with Crippen molar-refractivity contribution in [1.82, 2.24) is 4.98 Å². The van der Waals surface area contributed by atoms with E-state index < -0.39 is 0 Å². The lowest BCUT2D eigenvalue weighted by molar-refractivity contribution is 0.102. The molecule has 0 radical (unpaired) electrons. The quantitative estimate of drug-likeness (QED) is 0.763. The average Bonchev–Trinajstić information content (AvgIpc) is 2.32. The molecule has 1 aromatic rings. The standard InChI is InChI=1S/C13H16N2O/c1-10-4-2-3-5-13(10)16-12-6-11(7-14)8-15-9-12/h6,8-10,13H,2-5H2,1H3. The molecule has 1 fully saturated rings. The van der Waals surface area contributed by atoms with Gasteiger partial charge in [-0.2, -0.15) is 5.26 Å². The molecule has 0 aliphatic heterocycles. The van der Waals surface area contributed by atoms with E-state index in [9.17, 15) is 0 Å². The molecule has 0 spiro atoms. The van der Waals surface area contributed by atoms with Gasteiger partial charge in [-0.25, -0.2) is 0 Å². The Morgan fingerprint density at radius 3 is 2.94 bits per heavy atom. The van der Waals surface area contributed by atoms with E-state index in [2.05, 4.69) is 18.0 Å². The number of hydrogen-bond donors (Lipinski definition) is 0. The second-order valence-electron chi connectivity index (χ2n) is 4.44. The molecule has 1 aromatic heterocycles. The van der Waals surface area contributed by atoms with Gasteiger partial charge in [0.05, 0.1) is 11.8 Å². The molecule has 84 valence electrons. The Bertz CT molecular complexity index is 397. The van der Waals surface area contributed by atoms with E-state index in [1.807, 2.05) is 0 Å². The summed E-state index contributed by atoms with van der Waals surface area (Å²) in [7, 11) is 0. The summed E-state index contributed by atoms with van der Waals surface area (Å²) in [6, 6.07) is 3.83. The molecule has 1 heterocycles. The van der Waals surface area contributed by atoms with Crippen molar-refractivity contribution in [2.24, 2.45) is 5.92 Å². The van der Waals surface area contributed by atoms with Gasteiger partial charge in [-0.1, -0.05) is 13.3 Å². The van der Waals surface area contributed by atoms with Crippen molar-refractivity contribution in [3.8, 4) is 11.8 Å². The highest BCUT2D eigenvalue weighted by Gasteiger charge is 2.22. The van der Waals surface area contributed by atoms with Crippen molar-refractivity contribution >= 4 is 0 Å². The molecule has 2 rings (SSSR count). The number of nitrogens with zero attached hydrogens (tertiary/aromatic N) is 2. The van der Waals surface area contributed by atoms with E-state index in [1.54, 1.807) is 18.5 Å². The fourth-order valence-electron chi connectivity index (χ4n) is 2.18. The lowest BCUT2D eigenvalue weighted by atomic mass is 9.88. The van der Waals surface area contributed by atoms with Crippen LogP contribution in [-0.4, -0.2) is 11.1 Å². The molecule has 0 aromatic carbocycles. The van der Waals surface area contributed by atoms with Crippen LogP contribution in [0.3, 0.4) is 0 Å². The number of aromatic nitrogens is 1. The summed E-state index contributed by atoms with van der Waals surface area (Å²) in [6.07, 6.45) is 8.40. The average molecular weight is 216 g/mol. The van der Waals surface area contributed by atoms with E-state index in [0.29, 0.717) is 11.5 Å². The van der Waals surface area contributed by atoms with Crippen LogP contribution in [0.15, 0.2) is 18.5 Å². The SMILES string of the molecule is CC1CCCCC1Oc1cncc(C#N)c1. The molecule has 0 N–H and O–H groups in total. The van der Waals surface area contributed by atoms with Crippen LogP contribution < -0.4 is 4.74 Å². The van der Waals surface area contributed by atoms with Crippen LogP contribution in [-0.2, 0) is 0 Å². The van der Waals surface area contributed by atoms with Gasteiger partial charge in [0.15, 0.2) is 0 Å². The Balaban J connectivity index is 2.05. The third-order valence-electron chi connectivity index (χ3n) is 3.16. The van der Waals surface area contributed by atoms with E-state index in [0.717, 1.165) is 12.2 Å². The van der Waals surface area contributed by atoms with Crippen molar-refractivity contribution in [1.29, 1.82) is 5.26 Å². The minimum Gasteiger partial charge on any atom is -0.488 e. The van der Waals surface area contributed by atoms with Crippen LogP contribution in [0.2, 0.25) is 0 Å². The summed E-state index contributed by atoms with van der Waals surface area (Å²) in [5, 5.41) is 8.77. The molecule has 2 atom stereocenters. The molecular formula is C13H16N2O. The summed E-state index contributed by atoms with van der Waals surface area (Å²) in [4.78, 5) is 4.00. The highest BCUT2D eigenvalue weighted by molar-refractivity contribution is 5.32. The molecule has 1 aliphatic rings. The first-order valence-electron chi connectivity index (χ1n) is 5.81. The highest BCUT2D eigenvalue weighted by atomic mass is 16.5. The van der Waals surface area contributed by atoms with Gasteiger partial charge in [0.1, 0.15) is 17.9 Å². The molecule has 0 saturated heterocycles. The van der Waals surface area contributed by atoms with Crippen molar-refractivity contribution in [3.05, 3.63) is 24.0 Å². The van der Waals surface area contributed by atoms with Crippen molar-refractivity contribution < 1.29 is 4.74 Å². The normalized spacial score (nSPS) is 24.8. The van der Waals surface area contributed by atoms with Gasteiger partial charge < -0.3 is 4.74 Å². The summed E-state index contributed by atoms with van der Waals surface area (Å²) < 4.78 is 5.90. The number of nitriles is 1. The van der Waals surface area contributed by atoms with E-state index in [1.165, 1.54) is 19.3 Å². The first kappa shape index (κ1) is 10.9. The fraction of sp³-hybridized carbons (Fsp3) is 0.538. The van der Waals surface area contributed by atoms with Gasteiger partial charge in [-0.3, -0.25) is 4.98 Å². The zero-order valence-corrected chi connectivity index (χ0v) is 9.52. The molecule has 16 heavy (non-hydrogen) atoms. The van der Waals surface area contributed by atoms with Crippen molar-refractivity contribution in [3.63, 3.8) is 0 Å². The summed E-state index contributed by atoms with van der Waals surface area (Å²) in [5.74, 6) is 1.32. The Hall–Kier alpha value is -1.56. The summed E-state index contributed by atoms with van der Waals surface area (Å²) in [5.41, 5.74) is 0.556. The van der Waals surface area contributed by atoms with Gasteiger partial charge in [0.25, 0.3) is 0 Å². The number of ether oxygens (including phenoxy) is 1. The lowest BCUT2D eigenvalue weighted by Crippen LogP contribution is -2.28. The maximum absolute atomic E-state index is 8.77. The van der Waals surface area contributed by atoms with Crippen LogP contribution in [0.1, 0.15) is 38.2 Å². The Morgan fingerprint density at radius 2 is 2.19 bits per heavy atom. The van der Waals surface area contributed by atoms with Crippen LogP contribution in [0.5, 0.6) is 5.75 Å². The van der Waals surface area contributed by atoms with Crippen LogP contribution in [0, 0.1) is 17.2 Å². The van der Waals surface area contributed by atoms with E-state index in [-0.39, 0.29) is 6.10 Å². The molecule has 2 unspecified atom stereocenters. The minimum atomic E-state index is 0.282. The number of hydrogen-bond acceptors (Lipinski definition) is 3. The Kier molecular flexibility index (Phi) is 3.40. The maximum atomic E-state index is 8.77. The van der Waals surface area contributed by atoms with Gasteiger partial charge in [0, 0.05) is 12.3 Å². The van der Waals surface area contributed by atoms with E-state index >= 15 is 0 Å². The second kappa shape index (κ2) is 4.98. The van der Waals surface area contributed by atoms with Crippen LogP contribution >= 0.6 is 0 Å².